The number of carbonyl (C=O) groups excluding carboxylic acids is 1. The Hall–Kier alpha value is -2.14. The van der Waals surface area contributed by atoms with Crippen LogP contribution >= 0.6 is 0 Å². The molecule has 1 saturated heterocycles. The molecule has 0 aromatic heterocycles. The van der Waals surface area contributed by atoms with Gasteiger partial charge < -0.3 is 14.4 Å². The van der Waals surface area contributed by atoms with Gasteiger partial charge in [-0.05, 0) is 23.8 Å². The maximum Gasteiger partial charge on any atom is 0.363 e. The van der Waals surface area contributed by atoms with Crippen LogP contribution in [0.2, 0.25) is 0 Å². The molecular formula is C18H22N2O3. The Labute approximate surface area is 136 Å². The number of hydrogen-bond donors (Lipinski definition) is 0. The second kappa shape index (κ2) is 6.16. The Bertz CT molecular complexity index is 648. The number of hydrogen-bond acceptors (Lipinski definition) is 5. The van der Waals surface area contributed by atoms with Crippen molar-refractivity contribution in [1.29, 1.82) is 0 Å². The van der Waals surface area contributed by atoms with Gasteiger partial charge in [-0.1, -0.05) is 32.9 Å². The predicted molar refractivity (Wildman–Crippen MR) is 90.4 cm³/mol. The second-order valence-corrected chi connectivity index (χ2v) is 6.78. The smallest absolute Gasteiger partial charge is 0.363 e. The topological polar surface area (TPSA) is 51.1 Å². The number of cyclic esters (lactones) is 1. The van der Waals surface area contributed by atoms with Gasteiger partial charge in [0.25, 0.3) is 0 Å². The Kier molecular flexibility index (Phi) is 4.22. The molecule has 0 radical (unpaired) electrons. The zero-order valence-corrected chi connectivity index (χ0v) is 13.8. The van der Waals surface area contributed by atoms with Crippen molar-refractivity contribution < 1.29 is 14.3 Å². The summed E-state index contributed by atoms with van der Waals surface area (Å²) < 4.78 is 10.6. The number of anilines is 1. The van der Waals surface area contributed by atoms with Crippen molar-refractivity contribution in [2.75, 3.05) is 31.2 Å². The van der Waals surface area contributed by atoms with Crippen molar-refractivity contribution >= 4 is 23.6 Å². The van der Waals surface area contributed by atoms with Gasteiger partial charge in [0.1, 0.15) is 0 Å². The molecule has 0 unspecified atom stereocenters. The summed E-state index contributed by atoms with van der Waals surface area (Å²) in [4.78, 5) is 18.5. The summed E-state index contributed by atoms with van der Waals surface area (Å²) in [5.74, 6) is 0.0888. The molecule has 0 aliphatic carbocycles. The van der Waals surface area contributed by atoms with Gasteiger partial charge in [-0.15, -0.1) is 0 Å². The van der Waals surface area contributed by atoms with Crippen molar-refractivity contribution in [3.8, 4) is 0 Å². The molecule has 0 N–H and O–H groups in total. The summed E-state index contributed by atoms with van der Waals surface area (Å²) in [6, 6.07) is 8.12. The van der Waals surface area contributed by atoms with E-state index < -0.39 is 0 Å². The van der Waals surface area contributed by atoms with Gasteiger partial charge in [0, 0.05) is 24.2 Å². The molecule has 0 atom stereocenters. The van der Waals surface area contributed by atoms with Crippen LogP contribution in [0.25, 0.3) is 6.08 Å². The van der Waals surface area contributed by atoms with E-state index in [9.17, 15) is 4.79 Å². The number of nitrogens with zero attached hydrogens (tertiary/aromatic N) is 2. The molecule has 2 aliphatic rings. The first kappa shape index (κ1) is 15.7. The van der Waals surface area contributed by atoms with Crippen molar-refractivity contribution in [3.05, 3.63) is 35.5 Å². The molecule has 0 bridgehead atoms. The van der Waals surface area contributed by atoms with E-state index in [-0.39, 0.29) is 11.4 Å². The third-order valence-corrected chi connectivity index (χ3v) is 3.83. The molecule has 5 nitrogen and oxygen atoms in total. The zero-order chi connectivity index (χ0) is 16.4. The van der Waals surface area contributed by atoms with Gasteiger partial charge in [-0.3, -0.25) is 0 Å². The Morgan fingerprint density at radius 2 is 1.78 bits per heavy atom. The molecule has 122 valence electrons. The Morgan fingerprint density at radius 3 is 2.35 bits per heavy atom. The first-order valence-electron chi connectivity index (χ1n) is 7.89. The Morgan fingerprint density at radius 1 is 1.13 bits per heavy atom. The maximum absolute atomic E-state index is 11.9. The summed E-state index contributed by atoms with van der Waals surface area (Å²) in [7, 11) is 0. The van der Waals surface area contributed by atoms with Crippen LogP contribution in [-0.2, 0) is 14.3 Å². The van der Waals surface area contributed by atoms with E-state index in [1.807, 2.05) is 32.9 Å². The summed E-state index contributed by atoms with van der Waals surface area (Å²) in [6.07, 6.45) is 1.77. The van der Waals surface area contributed by atoms with Crippen LogP contribution in [-0.4, -0.2) is 38.2 Å². The molecule has 2 heterocycles. The van der Waals surface area contributed by atoms with Gasteiger partial charge in [-0.2, -0.15) is 0 Å². The minimum atomic E-state index is -0.382. The molecule has 0 saturated carbocycles. The normalized spacial score (nSPS) is 20.7. The highest BCUT2D eigenvalue weighted by Crippen LogP contribution is 2.26. The summed E-state index contributed by atoms with van der Waals surface area (Å²) in [5, 5.41) is 0. The molecule has 5 heteroatoms. The van der Waals surface area contributed by atoms with Gasteiger partial charge in [0.05, 0.1) is 13.2 Å². The number of carbonyl (C=O) groups is 1. The molecule has 2 aliphatic heterocycles. The minimum absolute atomic E-state index is 0.272. The first-order chi connectivity index (χ1) is 10.9. The SMILES string of the molecule is CC(C)(C)C1=N/C(=C/c2ccc(N3CCOCC3)cc2)C(=O)O1. The fourth-order valence-corrected chi connectivity index (χ4v) is 2.49. The molecule has 3 rings (SSSR count). The van der Waals surface area contributed by atoms with E-state index in [0.29, 0.717) is 11.6 Å². The van der Waals surface area contributed by atoms with Crippen molar-refractivity contribution in [2.24, 2.45) is 10.4 Å². The molecule has 1 aromatic carbocycles. The third-order valence-electron chi connectivity index (χ3n) is 3.83. The summed E-state index contributed by atoms with van der Waals surface area (Å²) in [5.41, 5.74) is 2.19. The Balaban J connectivity index is 1.77. The highest BCUT2D eigenvalue weighted by molar-refractivity contribution is 6.08. The summed E-state index contributed by atoms with van der Waals surface area (Å²) >= 11 is 0. The van der Waals surface area contributed by atoms with E-state index in [2.05, 4.69) is 22.0 Å². The van der Waals surface area contributed by atoms with Crippen LogP contribution in [0.4, 0.5) is 5.69 Å². The van der Waals surface area contributed by atoms with Crippen LogP contribution in [0, 0.1) is 5.41 Å². The number of rotatable bonds is 2. The van der Waals surface area contributed by atoms with E-state index in [1.54, 1.807) is 6.08 Å². The van der Waals surface area contributed by atoms with Gasteiger partial charge in [0.2, 0.25) is 5.90 Å². The monoisotopic (exact) mass is 314 g/mol. The predicted octanol–water partition coefficient (Wildman–Crippen LogP) is 2.87. The van der Waals surface area contributed by atoms with Crippen LogP contribution in [0.5, 0.6) is 0 Å². The molecule has 0 amide bonds. The largest absolute Gasteiger partial charge is 0.406 e. The van der Waals surface area contributed by atoms with Crippen LogP contribution in [0.1, 0.15) is 26.3 Å². The number of morpholine rings is 1. The minimum Gasteiger partial charge on any atom is -0.406 e. The van der Waals surface area contributed by atoms with Crippen LogP contribution in [0.3, 0.4) is 0 Å². The van der Waals surface area contributed by atoms with E-state index in [0.717, 1.165) is 31.9 Å². The highest BCUT2D eigenvalue weighted by atomic mass is 16.6. The van der Waals surface area contributed by atoms with Gasteiger partial charge in [-0.25, -0.2) is 9.79 Å². The van der Waals surface area contributed by atoms with E-state index in [1.165, 1.54) is 5.69 Å². The first-order valence-corrected chi connectivity index (χ1v) is 7.89. The summed E-state index contributed by atoms with van der Waals surface area (Å²) in [6.45, 7) is 9.26. The highest BCUT2D eigenvalue weighted by Gasteiger charge is 2.31. The van der Waals surface area contributed by atoms with Crippen LogP contribution < -0.4 is 4.90 Å². The lowest BCUT2D eigenvalue weighted by Gasteiger charge is -2.28. The fourth-order valence-electron chi connectivity index (χ4n) is 2.49. The van der Waals surface area contributed by atoms with E-state index >= 15 is 0 Å². The lowest BCUT2D eigenvalue weighted by atomic mass is 9.97. The van der Waals surface area contributed by atoms with Crippen molar-refractivity contribution in [2.45, 2.75) is 20.8 Å². The number of esters is 1. The number of ether oxygens (including phenoxy) is 2. The molecule has 1 aromatic rings. The molecule has 0 spiro atoms. The average molecular weight is 314 g/mol. The standard InChI is InChI=1S/C18H22N2O3/c1-18(2,3)17-19-15(16(21)23-17)12-13-4-6-14(7-5-13)20-8-10-22-11-9-20/h4-7,12H,8-11H2,1-3H3/b15-12+. The lowest BCUT2D eigenvalue weighted by molar-refractivity contribution is -0.130. The number of benzene rings is 1. The maximum atomic E-state index is 11.9. The third kappa shape index (κ3) is 3.62. The quantitative estimate of drug-likeness (QED) is 0.622. The molecule has 23 heavy (non-hydrogen) atoms. The lowest BCUT2D eigenvalue weighted by Crippen LogP contribution is -2.36. The average Bonchev–Trinajstić information content (AvgIpc) is 2.90. The van der Waals surface area contributed by atoms with Crippen molar-refractivity contribution in [3.63, 3.8) is 0 Å². The molecular weight excluding hydrogens is 292 g/mol. The van der Waals surface area contributed by atoms with Crippen molar-refractivity contribution in [1.82, 2.24) is 0 Å². The molecule has 1 fully saturated rings. The van der Waals surface area contributed by atoms with Crippen LogP contribution in [0.15, 0.2) is 35.0 Å². The van der Waals surface area contributed by atoms with Gasteiger partial charge in [0.15, 0.2) is 5.70 Å². The number of aliphatic imine (C=N–C) groups is 1. The van der Waals surface area contributed by atoms with Gasteiger partial charge >= 0.3 is 5.97 Å². The fraction of sp³-hybridized carbons (Fsp3) is 0.444. The zero-order valence-electron chi connectivity index (χ0n) is 13.8. The van der Waals surface area contributed by atoms with E-state index in [4.69, 9.17) is 9.47 Å². The second-order valence-electron chi connectivity index (χ2n) is 6.78.